The van der Waals surface area contributed by atoms with Gasteiger partial charge in [0.05, 0.1) is 31.8 Å². The lowest BCUT2D eigenvalue weighted by Gasteiger charge is -2.14. The summed E-state index contributed by atoms with van der Waals surface area (Å²) < 4.78 is 10.5. The molecule has 3 aromatic rings. The average molecular weight is 448 g/mol. The molecule has 1 aliphatic heterocycles. The number of amides is 4. The Hall–Kier alpha value is -4.14. The Morgan fingerprint density at radius 3 is 2.70 bits per heavy atom. The number of urea groups is 1. The van der Waals surface area contributed by atoms with E-state index in [2.05, 4.69) is 15.6 Å². The van der Waals surface area contributed by atoms with Crippen LogP contribution in [0.3, 0.4) is 0 Å². The fourth-order valence-corrected chi connectivity index (χ4v) is 3.80. The first-order valence-electron chi connectivity index (χ1n) is 10.5. The van der Waals surface area contributed by atoms with E-state index < -0.39 is 18.0 Å². The van der Waals surface area contributed by atoms with E-state index in [-0.39, 0.29) is 18.9 Å². The van der Waals surface area contributed by atoms with Gasteiger partial charge in [-0.15, -0.1) is 0 Å². The van der Waals surface area contributed by atoms with Gasteiger partial charge in [-0.05, 0) is 48.4 Å². The van der Waals surface area contributed by atoms with Gasteiger partial charge >= 0.3 is 6.03 Å². The molecule has 4 amide bonds. The molecule has 9 heteroatoms. The molecule has 1 saturated heterocycles. The first-order chi connectivity index (χ1) is 16.0. The Morgan fingerprint density at radius 1 is 1.09 bits per heavy atom. The Bertz CT molecular complexity index is 1210. The van der Waals surface area contributed by atoms with E-state index in [0.29, 0.717) is 23.6 Å². The molecule has 1 atom stereocenters. The number of nitrogens with one attached hydrogen (secondary N) is 2. The van der Waals surface area contributed by atoms with E-state index in [1.54, 1.807) is 50.7 Å². The number of nitrogens with zero attached hydrogens (tertiary/aromatic N) is 2. The maximum absolute atomic E-state index is 12.8. The summed E-state index contributed by atoms with van der Waals surface area (Å²) in [7, 11) is 3.10. The zero-order chi connectivity index (χ0) is 23.4. The minimum Gasteiger partial charge on any atom is -0.493 e. The van der Waals surface area contributed by atoms with Crippen LogP contribution in [-0.2, 0) is 16.0 Å². The van der Waals surface area contributed by atoms with Crippen molar-refractivity contribution in [2.45, 2.75) is 18.9 Å². The molecule has 1 fully saturated rings. The molecule has 0 bridgehead atoms. The summed E-state index contributed by atoms with van der Waals surface area (Å²) in [5.74, 6) is 0.386. The number of imide groups is 1. The lowest BCUT2D eigenvalue weighted by atomic mass is 10.1. The van der Waals surface area contributed by atoms with E-state index in [9.17, 15) is 14.4 Å². The topological polar surface area (TPSA) is 110 Å². The Kier molecular flexibility index (Phi) is 6.39. The molecule has 0 unspecified atom stereocenters. The smallest absolute Gasteiger partial charge is 0.324 e. The minimum atomic E-state index is -0.906. The molecule has 0 spiro atoms. The van der Waals surface area contributed by atoms with Crippen LogP contribution in [0.4, 0.5) is 10.5 Å². The quantitative estimate of drug-likeness (QED) is 0.513. The predicted molar refractivity (Wildman–Crippen MR) is 122 cm³/mol. The highest BCUT2D eigenvalue weighted by atomic mass is 16.5. The molecule has 0 aliphatic carbocycles. The first-order valence-corrected chi connectivity index (χ1v) is 10.5. The van der Waals surface area contributed by atoms with Gasteiger partial charge in [0.2, 0.25) is 5.91 Å². The number of carbonyl (C=O) groups is 3. The third-order valence-electron chi connectivity index (χ3n) is 5.49. The van der Waals surface area contributed by atoms with Crippen LogP contribution in [0.5, 0.6) is 11.5 Å². The number of ether oxygens (including phenoxy) is 2. The van der Waals surface area contributed by atoms with Crippen LogP contribution in [0, 0.1) is 0 Å². The van der Waals surface area contributed by atoms with Crippen molar-refractivity contribution >= 4 is 34.4 Å². The normalized spacial score (nSPS) is 15.5. The lowest BCUT2D eigenvalue weighted by molar-refractivity contribution is -0.129. The van der Waals surface area contributed by atoms with Crippen LogP contribution in [0.25, 0.3) is 10.9 Å². The highest BCUT2D eigenvalue weighted by Crippen LogP contribution is 2.28. The van der Waals surface area contributed by atoms with Crippen molar-refractivity contribution < 1.29 is 23.9 Å². The van der Waals surface area contributed by atoms with E-state index in [1.165, 1.54) is 0 Å². The molecule has 2 heterocycles. The standard InChI is InChI=1S/C24H24N4O5/c1-32-20-9-8-15(13-21(20)33-2)10-12-28-23(30)19(27-24(28)31)14-22(29)26-18-7-3-6-17-16(18)5-4-11-25-17/h3-9,11,13,19H,10,12,14H2,1-2H3,(H,26,29)(H,27,31)/t19-/m1/s1. The molecule has 170 valence electrons. The van der Waals surface area contributed by atoms with Crippen LogP contribution in [0.15, 0.2) is 54.7 Å². The SMILES string of the molecule is COc1ccc(CCN2C(=O)N[C@H](CC(=O)Nc3cccc4ncccc34)C2=O)cc1OC. The van der Waals surface area contributed by atoms with Gasteiger partial charge in [0.15, 0.2) is 11.5 Å². The van der Waals surface area contributed by atoms with Gasteiger partial charge < -0.3 is 20.1 Å². The summed E-state index contributed by atoms with van der Waals surface area (Å²) in [5, 5.41) is 6.22. The number of methoxy groups -OCH3 is 2. The van der Waals surface area contributed by atoms with Crippen molar-refractivity contribution in [2.75, 3.05) is 26.1 Å². The lowest BCUT2D eigenvalue weighted by Crippen LogP contribution is -2.35. The molecule has 1 aliphatic rings. The van der Waals surface area contributed by atoms with Gasteiger partial charge in [0.1, 0.15) is 6.04 Å². The van der Waals surface area contributed by atoms with Gasteiger partial charge in [0, 0.05) is 18.1 Å². The zero-order valence-corrected chi connectivity index (χ0v) is 18.3. The van der Waals surface area contributed by atoms with E-state index in [4.69, 9.17) is 9.47 Å². The number of anilines is 1. The van der Waals surface area contributed by atoms with Gasteiger partial charge in [0.25, 0.3) is 5.91 Å². The molecule has 33 heavy (non-hydrogen) atoms. The Balaban J connectivity index is 1.37. The first kappa shape index (κ1) is 22.1. The summed E-state index contributed by atoms with van der Waals surface area (Å²) >= 11 is 0. The second-order valence-corrected chi connectivity index (χ2v) is 7.56. The Labute approximate surface area is 190 Å². The highest BCUT2D eigenvalue weighted by Gasteiger charge is 2.38. The van der Waals surface area contributed by atoms with Crippen molar-refractivity contribution in [1.82, 2.24) is 15.2 Å². The van der Waals surface area contributed by atoms with Crippen LogP contribution in [-0.4, -0.2) is 54.5 Å². The average Bonchev–Trinajstić information content (AvgIpc) is 3.09. The second kappa shape index (κ2) is 9.56. The summed E-state index contributed by atoms with van der Waals surface area (Å²) in [5.41, 5.74) is 2.24. The maximum Gasteiger partial charge on any atom is 0.324 e. The van der Waals surface area contributed by atoms with Gasteiger partial charge in [-0.3, -0.25) is 19.5 Å². The van der Waals surface area contributed by atoms with Crippen molar-refractivity contribution in [2.24, 2.45) is 0 Å². The number of aromatic nitrogens is 1. The molecule has 0 radical (unpaired) electrons. The summed E-state index contributed by atoms with van der Waals surface area (Å²) in [6.07, 6.45) is 1.97. The highest BCUT2D eigenvalue weighted by molar-refractivity contribution is 6.08. The summed E-state index contributed by atoms with van der Waals surface area (Å²) in [6.45, 7) is 0.188. The molecule has 2 aromatic carbocycles. The van der Waals surface area contributed by atoms with Crippen molar-refractivity contribution in [3.05, 3.63) is 60.3 Å². The van der Waals surface area contributed by atoms with Crippen LogP contribution in [0.2, 0.25) is 0 Å². The van der Waals surface area contributed by atoms with E-state index in [0.717, 1.165) is 21.4 Å². The Morgan fingerprint density at radius 2 is 1.91 bits per heavy atom. The molecule has 0 saturated carbocycles. The van der Waals surface area contributed by atoms with Gasteiger partial charge in [-0.2, -0.15) is 0 Å². The van der Waals surface area contributed by atoms with Crippen molar-refractivity contribution in [3.8, 4) is 11.5 Å². The van der Waals surface area contributed by atoms with Crippen molar-refractivity contribution in [1.29, 1.82) is 0 Å². The molecular formula is C24H24N4O5. The molecule has 1 aromatic heterocycles. The van der Waals surface area contributed by atoms with Crippen LogP contribution >= 0.6 is 0 Å². The third kappa shape index (κ3) is 4.72. The minimum absolute atomic E-state index is 0.159. The number of pyridine rings is 1. The number of benzene rings is 2. The monoisotopic (exact) mass is 448 g/mol. The largest absolute Gasteiger partial charge is 0.493 e. The third-order valence-corrected chi connectivity index (χ3v) is 5.49. The molecule has 2 N–H and O–H groups in total. The fraction of sp³-hybridized carbons (Fsp3) is 0.250. The van der Waals surface area contributed by atoms with Crippen molar-refractivity contribution in [3.63, 3.8) is 0 Å². The summed E-state index contributed by atoms with van der Waals surface area (Å²) in [6, 6.07) is 13.1. The molecule has 9 nitrogen and oxygen atoms in total. The zero-order valence-electron chi connectivity index (χ0n) is 18.3. The van der Waals surface area contributed by atoms with Crippen LogP contribution in [0.1, 0.15) is 12.0 Å². The number of hydrogen-bond donors (Lipinski definition) is 2. The van der Waals surface area contributed by atoms with E-state index in [1.807, 2.05) is 18.2 Å². The van der Waals surface area contributed by atoms with E-state index >= 15 is 0 Å². The number of carbonyl (C=O) groups excluding carboxylic acids is 3. The maximum atomic E-state index is 12.8. The number of hydrogen-bond acceptors (Lipinski definition) is 6. The summed E-state index contributed by atoms with van der Waals surface area (Å²) in [4.78, 5) is 43.1. The fourth-order valence-electron chi connectivity index (χ4n) is 3.80. The number of fused-ring (bicyclic) bond motifs is 1. The molecular weight excluding hydrogens is 424 g/mol. The van der Waals surface area contributed by atoms with Gasteiger partial charge in [-0.1, -0.05) is 12.1 Å². The van der Waals surface area contributed by atoms with Gasteiger partial charge in [-0.25, -0.2) is 4.79 Å². The molecule has 4 rings (SSSR count). The second-order valence-electron chi connectivity index (χ2n) is 7.56. The van der Waals surface area contributed by atoms with Crippen LogP contribution < -0.4 is 20.1 Å². The number of rotatable bonds is 8. The predicted octanol–water partition coefficient (Wildman–Crippen LogP) is 2.74.